The van der Waals surface area contributed by atoms with Crippen molar-refractivity contribution >= 4 is 0 Å². The highest BCUT2D eigenvalue weighted by atomic mass is 14.8. The van der Waals surface area contributed by atoms with Gasteiger partial charge < -0.3 is 5.32 Å². The molecular weight excluding hydrogens is 158 g/mol. The SMILES string of the molecule is C#CCC1(CNC)CCC(C)CC1. The van der Waals surface area contributed by atoms with Crippen molar-refractivity contribution in [3.8, 4) is 12.3 Å². The van der Waals surface area contributed by atoms with E-state index >= 15 is 0 Å². The van der Waals surface area contributed by atoms with Gasteiger partial charge in [-0.3, -0.25) is 0 Å². The van der Waals surface area contributed by atoms with Gasteiger partial charge in [-0.25, -0.2) is 0 Å². The molecule has 0 saturated heterocycles. The fraction of sp³-hybridized carbons (Fsp3) is 0.833. The van der Waals surface area contributed by atoms with Gasteiger partial charge in [0.25, 0.3) is 0 Å². The highest BCUT2D eigenvalue weighted by Crippen LogP contribution is 2.40. The van der Waals surface area contributed by atoms with Crippen LogP contribution < -0.4 is 5.32 Å². The Kier molecular flexibility index (Phi) is 3.81. The smallest absolute Gasteiger partial charge is 0.0155 e. The minimum atomic E-state index is 0.413. The highest BCUT2D eigenvalue weighted by molar-refractivity contribution is 4.97. The van der Waals surface area contributed by atoms with Gasteiger partial charge in [0.05, 0.1) is 0 Å². The molecule has 0 aliphatic heterocycles. The second kappa shape index (κ2) is 4.67. The zero-order valence-electron chi connectivity index (χ0n) is 8.90. The van der Waals surface area contributed by atoms with Gasteiger partial charge in [-0.2, -0.15) is 0 Å². The van der Waals surface area contributed by atoms with E-state index in [1.165, 1.54) is 25.7 Å². The van der Waals surface area contributed by atoms with Crippen molar-refractivity contribution < 1.29 is 0 Å². The summed E-state index contributed by atoms with van der Waals surface area (Å²) in [5, 5.41) is 3.28. The lowest BCUT2D eigenvalue weighted by atomic mass is 9.69. The fourth-order valence-corrected chi connectivity index (χ4v) is 2.38. The van der Waals surface area contributed by atoms with Gasteiger partial charge in [0, 0.05) is 13.0 Å². The Labute approximate surface area is 82.3 Å². The zero-order valence-corrected chi connectivity index (χ0v) is 8.90. The lowest BCUT2D eigenvalue weighted by Crippen LogP contribution is -2.35. The first-order valence-corrected chi connectivity index (χ1v) is 5.30. The molecule has 74 valence electrons. The molecule has 1 rings (SSSR count). The Morgan fingerprint density at radius 3 is 2.54 bits per heavy atom. The summed E-state index contributed by atoms with van der Waals surface area (Å²) in [6, 6.07) is 0. The maximum absolute atomic E-state index is 5.43. The van der Waals surface area contributed by atoms with Gasteiger partial charge >= 0.3 is 0 Å². The van der Waals surface area contributed by atoms with Crippen molar-refractivity contribution in [3.63, 3.8) is 0 Å². The zero-order chi connectivity index (χ0) is 9.73. The molecule has 1 nitrogen and oxygen atoms in total. The first-order chi connectivity index (χ1) is 6.22. The van der Waals surface area contributed by atoms with Crippen LogP contribution in [0.5, 0.6) is 0 Å². The predicted molar refractivity (Wildman–Crippen MR) is 57.4 cm³/mol. The Balaban J connectivity index is 2.53. The lowest BCUT2D eigenvalue weighted by molar-refractivity contribution is 0.159. The molecule has 0 aromatic heterocycles. The van der Waals surface area contributed by atoms with Crippen LogP contribution in [-0.2, 0) is 0 Å². The van der Waals surface area contributed by atoms with Crippen LogP contribution >= 0.6 is 0 Å². The maximum Gasteiger partial charge on any atom is 0.0155 e. The molecule has 1 aliphatic carbocycles. The van der Waals surface area contributed by atoms with E-state index in [1.807, 2.05) is 7.05 Å². The predicted octanol–water partition coefficient (Wildman–Crippen LogP) is 2.43. The van der Waals surface area contributed by atoms with E-state index in [9.17, 15) is 0 Å². The van der Waals surface area contributed by atoms with E-state index in [4.69, 9.17) is 6.42 Å². The molecule has 0 amide bonds. The third-order valence-electron chi connectivity index (χ3n) is 3.36. The third-order valence-corrected chi connectivity index (χ3v) is 3.36. The molecule has 0 aromatic carbocycles. The molecule has 0 atom stereocenters. The third kappa shape index (κ3) is 2.74. The monoisotopic (exact) mass is 179 g/mol. The topological polar surface area (TPSA) is 12.0 Å². The fourth-order valence-electron chi connectivity index (χ4n) is 2.38. The number of hydrogen-bond acceptors (Lipinski definition) is 1. The number of hydrogen-bond donors (Lipinski definition) is 1. The van der Waals surface area contributed by atoms with E-state index in [-0.39, 0.29) is 0 Å². The minimum absolute atomic E-state index is 0.413. The van der Waals surface area contributed by atoms with E-state index in [0.717, 1.165) is 18.9 Å². The molecule has 1 N–H and O–H groups in total. The summed E-state index contributed by atoms with van der Waals surface area (Å²) < 4.78 is 0. The molecule has 1 heteroatoms. The van der Waals surface area contributed by atoms with Crippen LogP contribution in [0.1, 0.15) is 39.0 Å². The van der Waals surface area contributed by atoms with E-state index in [0.29, 0.717) is 5.41 Å². The van der Waals surface area contributed by atoms with Crippen molar-refractivity contribution in [3.05, 3.63) is 0 Å². The Bertz CT molecular complexity index is 182. The second-order valence-electron chi connectivity index (χ2n) is 4.59. The Hall–Kier alpha value is -0.480. The van der Waals surface area contributed by atoms with Crippen LogP contribution in [-0.4, -0.2) is 13.6 Å². The first kappa shape index (κ1) is 10.6. The summed E-state index contributed by atoms with van der Waals surface area (Å²) in [7, 11) is 2.02. The van der Waals surface area contributed by atoms with Gasteiger partial charge in [0.2, 0.25) is 0 Å². The average molecular weight is 179 g/mol. The van der Waals surface area contributed by atoms with Gasteiger partial charge in [-0.05, 0) is 31.2 Å². The highest BCUT2D eigenvalue weighted by Gasteiger charge is 2.32. The number of rotatable bonds is 3. The molecule has 1 aliphatic rings. The van der Waals surface area contributed by atoms with Crippen molar-refractivity contribution in [1.82, 2.24) is 5.32 Å². The molecule has 0 radical (unpaired) electrons. The van der Waals surface area contributed by atoms with Crippen molar-refractivity contribution in [2.24, 2.45) is 11.3 Å². The summed E-state index contributed by atoms with van der Waals surface area (Å²) in [5.41, 5.74) is 0.413. The number of terminal acetylenes is 1. The molecule has 1 fully saturated rings. The largest absolute Gasteiger partial charge is 0.319 e. The lowest BCUT2D eigenvalue weighted by Gasteiger charge is -2.38. The summed E-state index contributed by atoms with van der Waals surface area (Å²) in [6.07, 6.45) is 11.7. The van der Waals surface area contributed by atoms with Gasteiger partial charge in [0.15, 0.2) is 0 Å². The number of nitrogens with one attached hydrogen (secondary N) is 1. The van der Waals surface area contributed by atoms with E-state index in [1.54, 1.807) is 0 Å². The van der Waals surface area contributed by atoms with Crippen LogP contribution in [0.2, 0.25) is 0 Å². The molecule has 0 spiro atoms. The van der Waals surface area contributed by atoms with Crippen molar-refractivity contribution in [1.29, 1.82) is 0 Å². The average Bonchev–Trinajstić information content (AvgIpc) is 2.11. The summed E-state index contributed by atoms with van der Waals surface area (Å²) in [6.45, 7) is 3.43. The van der Waals surface area contributed by atoms with Crippen molar-refractivity contribution in [2.45, 2.75) is 39.0 Å². The summed E-state index contributed by atoms with van der Waals surface area (Å²) >= 11 is 0. The second-order valence-corrected chi connectivity index (χ2v) is 4.59. The normalized spacial score (nSPS) is 34.1. The van der Waals surface area contributed by atoms with Gasteiger partial charge in [-0.15, -0.1) is 12.3 Å². The van der Waals surface area contributed by atoms with Crippen LogP contribution in [0.3, 0.4) is 0 Å². The molecule has 0 unspecified atom stereocenters. The standard InChI is InChI=1S/C12H21N/c1-4-7-12(10-13-3)8-5-11(2)6-9-12/h1,11,13H,5-10H2,2-3H3. The Morgan fingerprint density at radius 2 is 2.08 bits per heavy atom. The van der Waals surface area contributed by atoms with Crippen LogP contribution in [0.25, 0.3) is 0 Å². The molecule has 0 bridgehead atoms. The minimum Gasteiger partial charge on any atom is -0.319 e. The van der Waals surface area contributed by atoms with E-state index < -0.39 is 0 Å². The maximum atomic E-state index is 5.43. The van der Waals surface area contributed by atoms with Crippen LogP contribution in [0.4, 0.5) is 0 Å². The summed E-state index contributed by atoms with van der Waals surface area (Å²) in [5.74, 6) is 3.74. The van der Waals surface area contributed by atoms with Gasteiger partial charge in [0.1, 0.15) is 0 Å². The quantitative estimate of drug-likeness (QED) is 0.656. The van der Waals surface area contributed by atoms with Gasteiger partial charge in [-0.1, -0.05) is 19.8 Å². The molecule has 0 heterocycles. The molecule has 0 aromatic rings. The van der Waals surface area contributed by atoms with E-state index in [2.05, 4.69) is 18.2 Å². The molecule has 13 heavy (non-hydrogen) atoms. The van der Waals surface area contributed by atoms with Crippen LogP contribution in [0.15, 0.2) is 0 Å². The summed E-state index contributed by atoms with van der Waals surface area (Å²) in [4.78, 5) is 0. The Morgan fingerprint density at radius 1 is 1.46 bits per heavy atom. The van der Waals surface area contributed by atoms with Crippen molar-refractivity contribution in [2.75, 3.05) is 13.6 Å². The molecule has 1 saturated carbocycles. The molecular formula is C12H21N. The first-order valence-electron chi connectivity index (χ1n) is 5.30. The van der Waals surface area contributed by atoms with Crippen LogP contribution in [0, 0.1) is 23.7 Å².